The topological polar surface area (TPSA) is 54.1 Å². The molecule has 0 atom stereocenters. The van der Waals surface area contributed by atoms with Gasteiger partial charge in [-0.15, -0.1) is 0 Å². The first-order chi connectivity index (χ1) is 11.4. The van der Waals surface area contributed by atoms with Crippen LogP contribution in [0.15, 0.2) is 53.1 Å². The minimum Gasteiger partial charge on any atom is -0.497 e. The van der Waals surface area contributed by atoms with Crippen molar-refractivity contribution in [2.24, 2.45) is 0 Å². The van der Waals surface area contributed by atoms with Crippen LogP contribution in [0.1, 0.15) is 19.4 Å². The number of methoxy groups -OCH3 is 1. The van der Waals surface area contributed by atoms with Gasteiger partial charge in [0, 0.05) is 27.3 Å². The van der Waals surface area contributed by atoms with Crippen LogP contribution >= 0.6 is 15.9 Å². The van der Waals surface area contributed by atoms with Crippen LogP contribution in [0.25, 0.3) is 10.9 Å². The van der Waals surface area contributed by atoms with Crippen LogP contribution in [0.3, 0.4) is 0 Å². The number of carbonyl (C=O) groups excluding carboxylic acids is 1. The summed E-state index contributed by atoms with van der Waals surface area (Å²) in [5.74, 6) is 0.709. The fourth-order valence-electron chi connectivity index (χ4n) is 2.69. The number of benzene rings is 2. The molecule has 0 unspecified atom stereocenters. The van der Waals surface area contributed by atoms with Gasteiger partial charge in [-0.05, 0) is 61.9 Å². The molecular formula is C19H19BrN2O2. The number of H-pyrrole nitrogens is 1. The van der Waals surface area contributed by atoms with Crippen molar-refractivity contribution in [1.82, 2.24) is 4.98 Å². The molecule has 1 aromatic heterocycles. The molecule has 0 saturated carbocycles. The lowest BCUT2D eigenvalue weighted by Gasteiger charge is -2.23. The number of amides is 1. The maximum Gasteiger partial charge on any atom is 0.234 e. The number of hydrogen-bond donors (Lipinski definition) is 2. The number of aromatic nitrogens is 1. The molecule has 124 valence electrons. The van der Waals surface area contributed by atoms with Crippen LogP contribution in [0, 0.1) is 0 Å². The van der Waals surface area contributed by atoms with Crippen LogP contribution in [-0.4, -0.2) is 18.0 Å². The molecule has 1 heterocycles. The number of carbonyl (C=O) groups is 1. The van der Waals surface area contributed by atoms with Gasteiger partial charge >= 0.3 is 0 Å². The molecule has 2 N–H and O–H groups in total. The van der Waals surface area contributed by atoms with Gasteiger partial charge in [0.05, 0.1) is 12.5 Å². The Hall–Kier alpha value is -2.27. The number of aromatic amines is 1. The molecule has 1 amide bonds. The van der Waals surface area contributed by atoms with Crippen molar-refractivity contribution >= 4 is 38.4 Å². The van der Waals surface area contributed by atoms with Crippen molar-refractivity contribution in [3.05, 3.63) is 58.7 Å². The minimum absolute atomic E-state index is 0.0615. The van der Waals surface area contributed by atoms with Gasteiger partial charge in [0.1, 0.15) is 5.75 Å². The lowest BCUT2D eigenvalue weighted by Crippen LogP contribution is -2.34. The van der Waals surface area contributed by atoms with Gasteiger partial charge in [-0.1, -0.05) is 15.9 Å². The van der Waals surface area contributed by atoms with E-state index in [9.17, 15) is 4.79 Å². The van der Waals surface area contributed by atoms with E-state index in [1.807, 2.05) is 62.5 Å². The molecule has 3 aromatic rings. The monoisotopic (exact) mass is 386 g/mol. The van der Waals surface area contributed by atoms with Gasteiger partial charge in [0.2, 0.25) is 5.91 Å². The quantitative estimate of drug-likeness (QED) is 0.672. The zero-order chi connectivity index (χ0) is 17.3. The van der Waals surface area contributed by atoms with E-state index in [-0.39, 0.29) is 5.91 Å². The highest BCUT2D eigenvalue weighted by Crippen LogP contribution is 2.33. The molecule has 0 bridgehead atoms. The Kier molecular flexibility index (Phi) is 4.37. The Morgan fingerprint density at radius 2 is 1.88 bits per heavy atom. The summed E-state index contributed by atoms with van der Waals surface area (Å²) in [6, 6.07) is 13.4. The summed E-state index contributed by atoms with van der Waals surface area (Å²) < 4.78 is 6.28. The first kappa shape index (κ1) is 16.6. The lowest BCUT2D eigenvalue weighted by molar-refractivity contribution is -0.120. The molecule has 0 spiro atoms. The van der Waals surface area contributed by atoms with Crippen LogP contribution < -0.4 is 10.1 Å². The highest BCUT2D eigenvalue weighted by atomic mass is 79.9. The average molecular weight is 387 g/mol. The van der Waals surface area contributed by atoms with Crippen molar-refractivity contribution in [2.75, 3.05) is 12.4 Å². The van der Waals surface area contributed by atoms with Crippen molar-refractivity contribution in [3.8, 4) is 5.75 Å². The van der Waals surface area contributed by atoms with Crippen LogP contribution in [0.5, 0.6) is 5.75 Å². The third kappa shape index (κ3) is 3.04. The second-order valence-corrected chi connectivity index (χ2v) is 7.12. The normalized spacial score (nSPS) is 11.5. The Labute approximate surface area is 149 Å². The summed E-state index contributed by atoms with van der Waals surface area (Å²) in [6.07, 6.45) is 1.89. The van der Waals surface area contributed by atoms with Gasteiger partial charge in [-0.2, -0.15) is 0 Å². The fraction of sp³-hybridized carbons (Fsp3) is 0.211. The van der Waals surface area contributed by atoms with E-state index in [1.54, 1.807) is 7.11 Å². The summed E-state index contributed by atoms with van der Waals surface area (Å²) in [7, 11) is 1.64. The number of nitrogens with one attached hydrogen (secondary N) is 2. The van der Waals surface area contributed by atoms with E-state index >= 15 is 0 Å². The third-order valence-corrected chi connectivity index (χ3v) is 4.76. The van der Waals surface area contributed by atoms with Gasteiger partial charge in [0.15, 0.2) is 0 Å². The standard InChI is InChI=1S/C19H19BrN2O2/c1-19(2,18(23)22-13-6-4-12(20)5-7-13)16-11-21-17-9-8-14(24-3)10-15(16)17/h4-11,21H,1-3H3,(H,22,23). The Morgan fingerprint density at radius 1 is 1.17 bits per heavy atom. The number of hydrogen-bond acceptors (Lipinski definition) is 2. The Bertz CT molecular complexity index is 882. The molecule has 3 rings (SSSR count). The molecule has 24 heavy (non-hydrogen) atoms. The maximum atomic E-state index is 12.8. The number of anilines is 1. The summed E-state index contributed by atoms with van der Waals surface area (Å²) in [6.45, 7) is 3.84. The first-order valence-corrected chi connectivity index (χ1v) is 8.44. The second kappa shape index (κ2) is 6.32. The second-order valence-electron chi connectivity index (χ2n) is 6.20. The van der Waals surface area contributed by atoms with Gasteiger partial charge in [0.25, 0.3) is 0 Å². The highest BCUT2D eigenvalue weighted by Gasteiger charge is 2.32. The van der Waals surface area contributed by atoms with Crippen LogP contribution in [0.2, 0.25) is 0 Å². The molecule has 4 nitrogen and oxygen atoms in total. The largest absolute Gasteiger partial charge is 0.497 e. The smallest absolute Gasteiger partial charge is 0.234 e. The zero-order valence-corrected chi connectivity index (χ0v) is 15.4. The number of ether oxygens (including phenoxy) is 1. The zero-order valence-electron chi connectivity index (χ0n) is 13.8. The number of rotatable bonds is 4. The van der Waals surface area contributed by atoms with E-state index in [1.165, 1.54) is 0 Å². The molecule has 5 heteroatoms. The summed E-state index contributed by atoms with van der Waals surface area (Å²) in [5, 5.41) is 3.98. The van der Waals surface area contributed by atoms with Gasteiger partial charge < -0.3 is 15.0 Å². The van der Waals surface area contributed by atoms with E-state index in [0.717, 1.165) is 32.4 Å². The number of halogens is 1. The molecule has 0 aliphatic carbocycles. The van der Waals surface area contributed by atoms with E-state index < -0.39 is 5.41 Å². The van der Waals surface area contributed by atoms with Gasteiger partial charge in [-0.3, -0.25) is 4.79 Å². The molecule has 0 aliphatic rings. The molecule has 0 radical (unpaired) electrons. The van der Waals surface area contributed by atoms with Crippen LogP contribution in [-0.2, 0) is 10.2 Å². The number of fused-ring (bicyclic) bond motifs is 1. The summed E-state index contributed by atoms with van der Waals surface area (Å²) in [4.78, 5) is 16.1. The SMILES string of the molecule is COc1ccc2[nH]cc(C(C)(C)C(=O)Nc3ccc(Br)cc3)c2c1. The average Bonchev–Trinajstić information content (AvgIpc) is 3.00. The van der Waals surface area contributed by atoms with E-state index in [0.29, 0.717) is 0 Å². The fourth-order valence-corrected chi connectivity index (χ4v) is 2.95. The van der Waals surface area contributed by atoms with Gasteiger partial charge in [-0.25, -0.2) is 0 Å². The van der Waals surface area contributed by atoms with Crippen LogP contribution in [0.4, 0.5) is 5.69 Å². The lowest BCUT2D eigenvalue weighted by atomic mass is 9.83. The molecule has 0 fully saturated rings. The predicted octanol–water partition coefficient (Wildman–Crippen LogP) is 4.86. The van der Waals surface area contributed by atoms with E-state index in [4.69, 9.17) is 4.74 Å². The molecule has 2 aromatic carbocycles. The van der Waals surface area contributed by atoms with Crippen molar-refractivity contribution in [1.29, 1.82) is 0 Å². The Balaban J connectivity index is 1.94. The maximum absolute atomic E-state index is 12.8. The molecule has 0 aliphatic heterocycles. The summed E-state index contributed by atoms with van der Waals surface area (Å²) >= 11 is 3.39. The Morgan fingerprint density at radius 3 is 2.54 bits per heavy atom. The summed E-state index contributed by atoms with van der Waals surface area (Å²) in [5.41, 5.74) is 1.99. The molecule has 0 saturated heterocycles. The van der Waals surface area contributed by atoms with E-state index in [2.05, 4.69) is 26.2 Å². The highest BCUT2D eigenvalue weighted by molar-refractivity contribution is 9.10. The third-order valence-electron chi connectivity index (χ3n) is 4.23. The van der Waals surface area contributed by atoms with Crippen molar-refractivity contribution in [3.63, 3.8) is 0 Å². The predicted molar refractivity (Wildman–Crippen MR) is 101 cm³/mol. The molecular weight excluding hydrogens is 368 g/mol. The first-order valence-electron chi connectivity index (χ1n) is 7.64. The minimum atomic E-state index is -0.697. The van der Waals surface area contributed by atoms with Crippen molar-refractivity contribution < 1.29 is 9.53 Å². The van der Waals surface area contributed by atoms with Crippen molar-refractivity contribution in [2.45, 2.75) is 19.3 Å².